The molecule has 1 aromatic heterocycles. The number of rotatable bonds is 6. The smallest absolute Gasteiger partial charge is 0.278 e. The standard InChI is InChI=1S/C19H15Cl2N5O3S/c1-10(27)22-14-5-3-2-4-12(14)17-18(29)24-19(26-25-17)30-9-16(28)23-15-8-11(20)6-7-13(15)21/h2-8H,9H2,1H3,(H,22,27)(H,23,28)(H,24,26,29). The van der Waals surface area contributed by atoms with Gasteiger partial charge in [0.05, 0.1) is 22.2 Å². The zero-order chi connectivity index (χ0) is 21.7. The molecule has 0 bridgehead atoms. The first-order chi connectivity index (χ1) is 14.3. The van der Waals surface area contributed by atoms with Gasteiger partial charge in [0.1, 0.15) is 0 Å². The SMILES string of the molecule is CC(=O)Nc1ccccc1-c1nnc(SCC(=O)Nc2cc(Cl)ccc2Cl)[nH]c1=O. The normalized spacial score (nSPS) is 10.5. The number of amides is 2. The van der Waals surface area contributed by atoms with Crippen molar-refractivity contribution in [2.24, 2.45) is 0 Å². The number of hydrogen-bond acceptors (Lipinski definition) is 6. The summed E-state index contributed by atoms with van der Waals surface area (Å²) in [6.07, 6.45) is 0. The minimum Gasteiger partial charge on any atom is -0.326 e. The highest BCUT2D eigenvalue weighted by atomic mass is 35.5. The van der Waals surface area contributed by atoms with Crippen molar-refractivity contribution in [2.75, 3.05) is 16.4 Å². The van der Waals surface area contributed by atoms with Crippen LogP contribution in [0.1, 0.15) is 6.92 Å². The Bertz CT molecular complexity index is 1170. The van der Waals surface area contributed by atoms with Gasteiger partial charge in [-0.05, 0) is 24.3 Å². The van der Waals surface area contributed by atoms with Gasteiger partial charge in [-0.3, -0.25) is 19.4 Å². The molecule has 0 aliphatic carbocycles. The molecule has 154 valence electrons. The van der Waals surface area contributed by atoms with E-state index in [1.165, 1.54) is 13.0 Å². The molecule has 2 amide bonds. The second-order valence-electron chi connectivity index (χ2n) is 6.00. The molecule has 8 nitrogen and oxygen atoms in total. The van der Waals surface area contributed by atoms with Gasteiger partial charge in [0.2, 0.25) is 11.8 Å². The second-order valence-corrected chi connectivity index (χ2v) is 7.80. The van der Waals surface area contributed by atoms with Crippen LogP contribution in [0.3, 0.4) is 0 Å². The Hall–Kier alpha value is -2.88. The van der Waals surface area contributed by atoms with E-state index in [1.54, 1.807) is 36.4 Å². The fourth-order valence-electron chi connectivity index (χ4n) is 2.47. The van der Waals surface area contributed by atoms with Crippen molar-refractivity contribution in [3.05, 3.63) is 62.9 Å². The second kappa shape index (κ2) is 9.75. The van der Waals surface area contributed by atoms with Crippen molar-refractivity contribution < 1.29 is 9.59 Å². The molecule has 0 spiro atoms. The Morgan fingerprint density at radius 2 is 1.83 bits per heavy atom. The van der Waals surface area contributed by atoms with Crippen molar-refractivity contribution in [3.8, 4) is 11.3 Å². The number of para-hydroxylation sites is 1. The lowest BCUT2D eigenvalue weighted by atomic mass is 10.1. The minimum atomic E-state index is -0.497. The Labute approximate surface area is 185 Å². The molecule has 0 saturated carbocycles. The Balaban J connectivity index is 1.71. The molecule has 0 radical (unpaired) electrons. The number of aromatic amines is 1. The molecular weight excluding hydrogens is 449 g/mol. The third-order valence-corrected chi connectivity index (χ3v) is 5.14. The molecule has 30 heavy (non-hydrogen) atoms. The van der Waals surface area contributed by atoms with Gasteiger partial charge in [-0.1, -0.05) is 53.2 Å². The number of carbonyl (C=O) groups is 2. The summed E-state index contributed by atoms with van der Waals surface area (Å²) in [6.45, 7) is 1.37. The van der Waals surface area contributed by atoms with Crippen molar-refractivity contribution in [3.63, 3.8) is 0 Å². The van der Waals surface area contributed by atoms with E-state index in [0.717, 1.165) is 11.8 Å². The van der Waals surface area contributed by atoms with Crippen molar-refractivity contribution in [2.45, 2.75) is 12.1 Å². The number of carbonyl (C=O) groups excluding carboxylic acids is 2. The number of nitrogens with zero attached hydrogens (tertiary/aromatic N) is 2. The Morgan fingerprint density at radius 3 is 2.57 bits per heavy atom. The van der Waals surface area contributed by atoms with Crippen LogP contribution in [0.4, 0.5) is 11.4 Å². The zero-order valence-electron chi connectivity index (χ0n) is 15.5. The van der Waals surface area contributed by atoms with Crippen LogP contribution in [0.2, 0.25) is 10.0 Å². The van der Waals surface area contributed by atoms with Crippen LogP contribution in [-0.4, -0.2) is 32.7 Å². The molecule has 0 aliphatic heterocycles. The minimum absolute atomic E-state index is 0.0325. The van der Waals surface area contributed by atoms with Crippen molar-refractivity contribution in [1.29, 1.82) is 0 Å². The monoisotopic (exact) mass is 463 g/mol. The topological polar surface area (TPSA) is 117 Å². The van der Waals surface area contributed by atoms with Crippen LogP contribution in [0, 0.1) is 0 Å². The number of halogens is 2. The van der Waals surface area contributed by atoms with Gasteiger partial charge in [0.15, 0.2) is 10.9 Å². The van der Waals surface area contributed by atoms with E-state index in [-0.39, 0.29) is 28.4 Å². The highest BCUT2D eigenvalue weighted by Crippen LogP contribution is 2.26. The molecule has 2 aromatic carbocycles. The summed E-state index contributed by atoms with van der Waals surface area (Å²) in [4.78, 5) is 38.6. The van der Waals surface area contributed by atoms with Gasteiger partial charge < -0.3 is 10.6 Å². The zero-order valence-corrected chi connectivity index (χ0v) is 17.9. The van der Waals surface area contributed by atoms with Crippen LogP contribution in [0.15, 0.2) is 52.4 Å². The van der Waals surface area contributed by atoms with Gasteiger partial charge in [-0.2, -0.15) is 0 Å². The summed E-state index contributed by atoms with van der Waals surface area (Å²) in [5.74, 6) is -0.660. The number of anilines is 2. The lowest BCUT2D eigenvalue weighted by molar-refractivity contribution is -0.114. The van der Waals surface area contributed by atoms with Crippen LogP contribution >= 0.6 is 35.0 Å². The summed E-state index contributed by atoms with van der Waals surface area (Å²) < 4.78 is 0. The van der Waals surface area contributed by atoms with Crippen LogP contribution in [0.5, 0.6) is 0 Å². The summed E-state index contributed by atoms with van der Waals surface area (Å²) in [6, 6.07) is 11.5. The Kier molecular flexibility index (Phi) is 7.09. The summed E-state index contributed by atoms with van der Waals surface area (Å²) in [5.41, 5.74) is 0.830. The summed E-state index contributed by atoms with van der Waals surface area (Å²) >= 11 is 12.9. The maximum atomic E-state index is 12.5. The molecule has 3 N–H and O–H groups in total. The molecule has 0 saturated heterocycles. The van der Waals surface area contributed by atoms with Gasteiger partial charge in [-0.25, -0.2) is 0 Å². The molecule has 0 fully saturated rings. The van der Waals surface area contributed by atoms with E-state index >= 15 is 0 Å². The lowest BCUT2D eigenvalue weighted by Gasteiger charge is -2.09. The highest BCUT2D eigenvalue weighted by molar-refractivity contribution is 7.99. The van der Waals surface area contributed by atoms with E-state index in [4.69, 9.17) is 23.2 Å². The first kappa shape index (κ1) is 21.8. The molecule has 0 unspecified atom stereocenters. The number of nitrogens with one attached hydrogen (secondary N) is 3. The molecule has 0 atom stereocenters. The van der Waals surface area contributed by atoms with Gasteiger partial charge in [0, 0.05) is 17.5 Å². The average Bonchev–Trinajstić information content (AvgIpc) is 2.69. The number of H-pyrrole nitrogens is 1. The molecule has 1 heterocycles. The highest BCUT2D eigenvalue weighted by Gasteiger charge is 2.14. The molecule has 0 aliphatic rings. The molecule has 3 rings (SSSR count). The van der Waals surface area contributed by atoms with Crippen molar-refractivity contribution in [1.82, 2.24) is 15.2 Å². The number of benzene rings is 2. The van der Waals surface area contributed by atoms with Crippen LogP contribution in [0.25, 0.3) is 11.3 Å². The quantitative estimate of drug-likeness (QED) is 0.478. The fraction of sp³-hybridized carbons (Fsp3) is 0.105. The van der Waals surface area contributed by atoms with E-state index in [0.29, 0.717) is 27.0 Å². The number of hydrogen-bond donors (Lipinski definition) is 3. The van der Waals surface area contributed by atoms with Crippen molar-refractivity contribution >= 4 is 58.2 Å². The van der Waals surface area contributed by atoms with Crippen LogP contribution < -0.4 is 16.2 Å². The van der Waals surface area contributed by atoms with E-state index < -0.39 is 5.56 Å². The summed E-state index contributed by atoms with van der Waals surface area (Å²) in [7, 11) is 0. The third kappa shape index (κ3) is 5.59. The molecule has 3 aromatic rings. The van der Waals surface area contributed by atoms with Gasteiger partial charge >= 0.3 is 0 Å². The number of aromatic nitrogens is 3. The predicted molar refractivity (Wildman–Crippen MR) is 118 cm³/mol. The van der Waals surface area contributed by atoms with Crippen LogP contribution in [-0.2, 0) is 9.59 Å². The fourth-order valence-corrected chi connectivity index (χ4v) is 3.41. The third-order valence-electron chi connectivity index (χ3n) is 3.71. The average molecular weight is 464 g/mol. The largest absolute Gasteiger partial charge is 0.326 e. The van der Waals surface area contributed by atoms with E-state index in [9.17, 15) is 14.4 Å². The first-order valence-electron chi connectivity index (χ1n) is 8.55. The lowest BCUT2D eigenvalue weighted by Crippen LogP contribution is -2.18. The predicted octanol–water partition coefficient (Wildman–Crippen LogP) is 3.83. The first-order valence-corrected chi connectivity index (χ1v) is 10.3. The van der Waals surface area contributed by atoms with E-state index in [1.807, 2.05) is 0 Å². The maximum Gasteiger partial charge on any atom is 0.278 e. The molecular formula is C19H15Cl2N5O3S. The Morgan fingerprint density at radius 1 is 1.07 bits per heavy atom. The molecule has 11 heteroatoms. The van der Waals surface area contributed by atoms with E-state index in [2.05, 4.69) is 25.8 Å². The summed E-state index contributed by atoms with van der Waals surface area (Å²) in [5, 5.41) is 14.2. The van der Waals surface area contributed by atoms with Gasteiger partial charge in [-0.15, -0.1) is 10.2 Å². The van der Waals surface area contributed by atoms with Gasteiger partial charge in [0.25, 0.3) is 5.56 Å². The number of thioether (sulfide) groups is 1. The maximum absolute atomic E-state index is 12.5.